The molecule has 6 nitrogen and oxygen atoms in total. The minimum absolute atomic E-state index is 0. The summed E-state index contributed by atoms with van der Waals surface area (Å²) < 4.78 is 5.28. The number of ether oxygens (including phenoxy) is 1. The number of carbonyl (C=O) groups is 2. The first-order valence-electron chi connectivity index (χ1n) is 6.01. The molecule has 0 atom stereocenters. The molecule has 0 saturated carbocycles. The van der Waals surface area contributed by atoms with E-state index in [-0.39, 0.29) is 29.6 Å². The number of anilines is 1. The maximum atomic E-state index is 11.3. The molecule has 1 aliphatic heterocycles. The minimum Gasteiger partial charge on any atom is -0.540 e. The van der Waals surface area contributed by atoms with Crippen molar-refractivity contribution in [2.45, 2.75) is 0 Å². The van der Waals surface area contributed by atoms with E-state index in [0.717, 1.165) is 11.4 Å². The maximum absolute atomic E-state index is 11.3. The first-order valence-corrected chi connectivity index (χ1v) is 6.01. The van der Waals surface area contributed by atoms with Gasteiger partial charge in [-0.25, -0.2) is 0 Å². The molecule has 1 aromatic carbocycles. The number of para-hydroxylation sites is 2. The molecule has 0 radical (unpaired) electrons. The number of nitrogens with zero attached hydrogens (tertiary/aromatic N) is 2. The predicted molar refractivity (Wildman–Crippen MR) is 66.8 cm³/mol. The Bertz CT molecular complexity index is 487. The van der Waals surface area contributed by atoms with Crippen LogP contribution in [0.15, 0.2) is 24.3 Å². The number of carbonyl (C=O) groups excluding carboxylic acids is 2. The quantitative estimate of drug-likeness (QED) is 0.410. The topological polar surface area (TPSA) is 72.9 Å². The predicted octanol–water partition coefficient (Wildman–Crippen LogP) is -3.90. The van der Waals surface area contributed by atoms with Crippen LogP contribution >= 0.6 is 0 Å². The number of aliphatic carboxylic acids is 1. The summed E-state index contributed by atoms with van der Waals surface area (Å²) in [6.07, 6.45) is 0. The van der Waals surface area contributed by atoms with Crippen LogP contribution in [0.3, 0.4) is 0 Å². The monoisotopic (exact) mass is 286 g/mol. The summed E-state index contributed by atoms with van der Waals surface area (Å²) in [6.45, 7) is 1.87. The third-order valence-electron chi connectivity index (χ3n) is 3.17. The zero-order valence-electron chi connectivity index (χ0n) is 11.7. The van der Waals surface area contributed by atoms with Crippen LogP contribution in [0.1, 0.15) is 0 Å². The van der Waals surface area contributed by atoms with E-state index in [2.05, 4.69) is 4.90 Å². The van der Waals surface area contributed by atoms with Crippen LogP contribution in [-0.4, -0.2) is 50.1 Å². The van der Waals surface area contributed by atoms with Crippen molar-refractivity contribution < 1.29 is 49.0 Å². The first-order chi connectivity index (χ1) is 9.13. The second-order valence-corrected chi connectivity index (χ2v) is 4.24. The van der Waals surface area contributed by atoms with E-state index in [9.17, 15) is 14.7 Å². The Hall–Kier alpha value is -1.24. The Balaban J connectivity index is 0.00000200. The molecular formula is C13H15N2NaO4. The minimum atomic E-state index is -1.65. The van der Waals surface area contributed by atoms with E-state index in [1.165, 1.54) is 4.90 Å². The molecule has 0 spiro atoms. The van der Waals surface area contributed by atoms with Crippen molar-refractivity contribution in [2.24, 2.45) is 0 Å². The molecule has 0 N–H and O–H groups in total. The molecule has 0 bridgehead atoms. The smallest absolute Gasteiger partial charge is 0.540 e. The van der Waals surface area contributed by atoms with Crippen LogP contribution in [0.2, 0.25) is 0 Å². The Morgan fingerprint density at radius 3 is 2.30 bits per heavy atom. The van der Waals surface area contributed by atoms with Gasteiger partial charge in [-0.05, 0) is 12.1 Å². The number of carboxylic acid groups (broad SMARTS) is 1. The summed E-state index contributed by atoms with van der Waals surface area (Å²) in [4.78, 5) is 25.2. The van der Waals surface area contributed by atoms with Gasteiger partial charge in [0.05, 0.1) is 12.8 Å². The normalized spacial score (nSPS) is 14.4. The Morgan fingerprint density at radius 1 is 1.15 bits per heavy atom. The maximum Gasteiger partial charge on any atom is 1.00 e. The van der Waals surface area contributed by atoms with Crippen LogP contribution in [0.5, 0.6) is 5.75 Å². The molecule has 1 aliphatic rings. The van der Waals surface area contributed by atoms with Gasteiger partial charge in [-0.15, -0.1) is 0 Å². The summed E-state index contributed by atoms with van der Waals surface area (Å²) in [5.74, 6) is -1.83. The molecule has 0 unspecified atom stereocenters. The van der Waals surface area contributed by atoms with Gasteiger partial charge in [0.2, 0.25) is 0 Å². The van der Waals surface area contributed by atoms with Gasteiger partial charge in [-0.1, -0.05) is 12.1 Å². The fourth-order valence-corrected chi connectivity index (χ4v) is 2.17. The van der Waals surface area contributed by atoms with Gasteiger partial charge in [0.25, 0.3) is 5.91 Å². The molecule has 2 rings (SSSR count). The van der Waals surface area contributed by atoms with Crippen LogP contribution in [0, 0.1) is 0 Å². The van der Waals surface area contributed by atoms with Crippen molar-refractivity contribution in [3.63, 3.8) is 0 Å². The van der Waals surface area contributed by atoms with Gasteiger partial charge in [0.1, 0.15) is 11.7 Å². The summed E-state index contributed by atoms with van der Waals surface area (Å²) in [6, 6.07) is 7.61. The van der Waals surface area contributed by atoms with Gasteiger partial charge >= 0.3 is 29.6 Å². The summed E-state index contributed by atoms with van der Waals surface area (Å²) in [5.41, 5.74) is 0.950. The van der Waals surface area contributed by atoms with E-state index in [1.54, 1.807) is 7.11 Å². The van der Waals surface area contributed by atoms with Crippen LogP contribution in [-0.2, 0) is 9.59 Å². The number of rotatable bonds is 2. The molecular weight excluding hydrogens is 271 g/mol. The number of carboxylic acids is 1. The Morgan fingerprint density at radius 2 is 1.75 bits per heavy atom. The van der Waals surface area contributed by atoms with Crippen LogP contribution in [0.4, 0.5) is 5.69 Å². The molecule has 7 heteroatoms. The number of benzene rings is 1. The number of hydrogen-bond acceptors (Lipinski definition) is 5. The average Bonchev–Trinajstić information content (AvgIpc) is 2.46. The molecule has 0 aliphatic carbocycles. The standard InChI is InChI=1S/C13H16N2O4.Na/c1-19-11-5-3-2-4-10(11)14-6-8-15(9-7-14)12(16)13(17)18;/h2-5H,6-9H2,1H3,(H,17,18);/q;+1/p-1. The molecule has 20 heavy (non-hydrogen) atoms. The largest absolute Gasteiger partial charge is 1.00 e. The van der Waals surface area contributed by atoms with E-state index < -0.39 is 11.9 Å². The van der Waals surface area contributed by atoms with Crippen molar-refractivity contribution in [3.8, 4) is 5.75 Å². The van der Waals surface area contributed by atoms with Gasteiger partial charge in [-0.3, -0.25) is 4.79 Å². The Kier molecular flexibility index (Phi) is 6.32. The second kappa shape index (κ2) is 7.52. The van der Waals surface area contributed by atoms with E-state index >= 15 is 0 Å². The van der Waals surface area contributed by atoms with Gasteiger partial charge in [0, 0.05) is 26.2 Å². The number of amides is 1. The van der Waals surface area contributed by atoms with Crippen molar-refractivity contribution in [1.82, 2.24) is 4.90 Å². The van der Waals surface area contributed by atoms with Gasteiger partial charge < -0.3 is 24.4 Å². The number of piperazine rings is 1. The first kappa shape index (κ1) is 16.8. The van der Waals surface area contributed by atoms with Crippen LogP contribution in [0.25, 0.3) is 0 Å². The van der Waals surface area contributed by atoms with E-state index in [4.69, 9.17) is 4.74 Å². The summed E-state index contributed by atoms with van der Waals surface area (Å²) >= 11 is 0. The molecule has 1 saturated heterocycles. The fraction of sp³-hybridized carbons (Fsp3) is 0.385. The third-order valence-corrected chi connectivity index (χ3v) is 3.17. The van der Waals surface area contributed by atoms with Crippen molar-refractivity contribution in [2.75, 3.05) is 38.2 Å². The number of hydrogen-bond donors (Lipinski definition) is 0. The SMILES string of the molecule is COc1ccccc1N1CCN(C(=O)C(=O)[O-])CC1.[Na+]. The average molecular weight is 286 g/mol. The summed E-state index contributed by atoms with van der Waals surface area (Å²) in [7, 11) is 1.61. The molecule has 1 amide bonds. The van der Waals surface area contributed by atoms with E-state index in [1.807, 2.05) is 24.3 Å². The molecule has 1 fully saturated rings. The molecule has 0 aromatic heterocycles. The van der Waals surface area contributed by atoms with Crippen molar-refractivity contribution in [3.05, 3.63) is 24.3 Å². The third kappa shape index (κ3) is 3.65. The van der Waals surface area contributed by atoms with Crippen LogP contribution < -0.4 is 44.3 Å². The zero-order valence-corrected chi connectivity index (χ0v) is 13.7. The molecule has 1 aromatic rings. The summed E-state index contributed by atoms with van der Waals surface area (Å²) in [5, 5.41) is 10.5. The van der Waals surface area contributed by atoms with Crippen molar-refractivity contribution in [1.29, 1.82) is 0 Å². The fourth-order valence-electron chi connectivity index (χ4n) is 2.17. The molecule has 1 heterocycles. The van der Waals surface area contributed by atoms with Gasteiger partial charge in [-0.2, -0.15) is 0 Å². The second-order valence-electron chi connectivity index (χ2n) is 4.24. The van der Waals surface area contributed by atoms with Gasteiger partial charge in [0.15, 0.2) is 0 Å². The van der Waals surface area contributed by atoms with Crippen molar-refractivity contribution >= 4 is 17.6 Å². The number of methoxy groups -OCH3 is 1. The Labute approximate surface area is 139 Å². The van der Waals surface area contributed by atoms with E-state index in [0.29, 0.717) is 26.2 Å². The molecule has 102 valence electrons. The zero-order chi connectivity index (χ0) is 13.8.